The minimum absolute atomic E-state index is 0.200. The van der Waals surface area contributed by atoms with Crippen LogP contribution < -0.4 is 0 Å². The number of benzene rings is 1. The van der Waals surface area contributed by atoms with Crippen LogP contribution in [-0.2, 0) is 12.6 Å². The number of nitrogens with zero attached hydrogens (tertiary/aromatic N) is 1. The number of aromatic nitrogens is 1. The average Bonchev–Trinajstić information content (AvgIpc) is 2.86. The zero-order valence-electron chi connectivity index (χ0n) is 11.5. The first-order valence-corrected chi connectivity index (χ1v) is 6.55. The molecule has 1 aliphatic rings. The van der Waals surface area contributed by atoms with Crippen LogP contribution in [0.4, 0.5) is 22.0 Å². The summed E-state index contributed by atoms with van der Waals surface area (Å²) in [6.45, 7) is 1.81. The molecule has 1 heterocycles. The summed E-state index contributed by atoms with van der Waals surface area (Å²) in [6, 6.07) is 6.47. The first-order valence-electron chi connectivity index (χ1n) is 6.55. The third kappa shape index (κ3) is 2.20. The Morgan fingerprint density at radius 3 is 2.32 bits per heavy atom. The van der Waals surface area contributed by atoms with Crippen molar-refractivity contribution in [1.82, 2.24) is 4.57 Å². The van der Waals surface area contributed by atoms with Crippen LogP contribution in [0.25, 0.3) is 5.69 Å². The normalized spacial score (nSPS) is 20.2. The molecule has 1 aromatic heterocycles. The number of aliphatic hydroxyl groups is 1. The number of fused-ring (bicyclic) bond motifs is 1. The predicted molar refractivity (Wildman–Crippen MR) is 69.1 cm³/mol. The molecule has 0 radical (unpaired) electrons. The number of aryl methyl sites for hydroxylation is 1. The van der Waals surface area contributed by atoms with E-state index in [4.69, 9.17) is 0 Å². The highest BCUT2D eigenvalue weighted by molar-refractivity contribution is 5.48. The van der Waals surface area contributed by atoms with Gasteiger partial charge < -0.3 is 9.67 Å². The van der Waals surface area contributed by atoms with E-state index in [0.29, 0.717) is 5.69 Å². The van der Waals surface area contributed by atoms with Crippen molar-refractivity contribution in [2.24, 2.45) is 0 Å². The molecule has 0 aliphatic heterocycles. The van der Waals surface area contributed by atoms with Gasteiger partial charge in [-0.1, -0.05) is 17.7 Å². The van der Waals surface area contributed by atoms with Gasteiger partial charge in [0.05, 0.1) is 12.0 Å². The monoisotopic (exact) mass is 317 g/mol. The van der Waals surface area contributed by atoms with Gasteiger partial charge in [0.1, 0.15) is 6.10 Å². The fourth-order valence-electron chi connectivity index (χ4n) is 2.74. The van der Waals surface area contributed by atoms with Crippen LogP contribution in [0.3, 0.4) is 0 Å². The maximum atomic E-state index is 13.7. The van der Waals surface area contributed by atoms with E-state index in [2.05, 4.69) is 0 Å². The van der Waals surface area contributed by atoms with Crippen molar-refractivity contribution in [1.29, 1.82) is 0 Å². The Balaban J connectivity index is 2.22. The molecule has 0 amide bonds. The quantitative estimate of drug-likeness (QED) is 0.789. The molecule has 1 aromatic carbocycles. The fraction of sp³-hybridized carbons (Fsp3) is 0.333. The molecule has 0 fully saturated rings. The second-order valence-corrected chi connectivity index (χ2v) is 5.45. The lowest BCUT2D eigenvalue weighted by Gasteiger charge is -2.16. The summed E-state index contributed by atoms with van der Waals surface area (Å²) in [6.07, 6.45) is -7.39. The molecule has 3 rings (SSSR count). The Bertz CT molecular complexity index is 715. The Morgan fingerprint density at radius 1 is 1.18 bits per heavy atom. The molecule has 0 spiro atoms. The Hall–Kier alpha value is -1.89. The number of hydrogen-bond acceptors (Lipinski definition) is 1. The molecule has 0 unspecified atom stereocenters. The van der Waals surface area contributed by atoms with Gasteiger partial charge in [0.2, 0.25) is 0 Å². The summed E-state index contributed by atoms with van der Waals surface area (Å²) < 4.78 is 67.7. The van der Waals surface area contributed by atoms with Crippen LogP contribution in [0.1, 0.15) is 28.5 Å². The lowest BCUT2D eigenvalue weighted by atomic mass is 10.1. The van der Waals surface area contributed by atoms with Crippen molar-refractivity contribution in [3.05, 3.63) is 52.8 Å². The summed E-state index contributed by atoms with van der Waals surface area (Å²) in [5, 5.41) is 9.59. The summed E-state index contributed by atoms with van der Waals surface area (Å²) >= 11 is 0. The minimum Gasteiger partial charge on any atom is -0.382 e. The Labute approximate surface area is 122 Å². The second-order valence-electron chi connectivity index (χ2n) is 5.45. The molecule has 118 valence electrons. The molecule has 1 aliphatic carbocycles. The second kappa shape index (κ2) is 4.55. The van der Waals surface area contributed by atoms with Gasteiger partial charge in [-0.25, -0.2) is 8.78 Å². The van der Waals surface area contributed by atoms with Crippen LogP contribution in [0.15, 0.2) is 30.5 Å². The Kier molecular flexibility index (Phi) is 3.11. The summed E-state index contributed by atoms with van der Waals surface area (Å²) in [7, 11) is 0. The smallest absolute Gasteiger partial charge is 0.382 e. The molecule has 0 bridgehead atoms. The van der Waals surface area contributed by atoms with Gasteiger partial charge in [-0.15, -0.1) is 0 Å². The van der Waals surface area contributed by atoms with Gasteiger partial charge in [-0.3, -0.25) is 0 Å². The highest BCUT2D eigenvalue weighted by Gasteiger charge is 2.53. The van der Waals surface area contributed by atoms with Crippen LogP contribution >= 0.6 is 0 Å². The predicted octanol–water partition coefficient (Wildman–Crippen LogP) is 4.03. The molecule has 7 heteroatoms. The molecule has 2 aromatic rings. The average molecular weight is 317 g/mol. The van der Waals surface area contributed by atoms with E-state index in [1.54, 1.807) is 24.3 Å². The Morgan fingerprint density at radius 2 is 1.77 bits per heavy atom. The summed E-state index contributed by atoms with van der Waals surface area (Å²) in [5.41, 5.74) is -0.893. The molecule has 0 saturated heterocycles. The van der Waals surface area contributed by atoms with E-state index in [0.717, 1.165) is 16.3 Å². The maximum Gasteiger partial charge on any atom is 0.418 e. The van der Waals surface area contributed by atoms with E-state index in [9.17, 15) is 27.1 Å². The molecular formula is C15H12F5NO. The number of halogens is 5. The minimum atomic E-state index is -4.80. The largest absolute Gasteiger partial charge is 0.418 e. The number of rotatable bonds is 1. The van der Waals surface area contributed by atoms with Crippen LogP contribution in [0, 0.1) is 6.92 Å². The number of hydrogen-bond donors (Lipinski definition) is 1. The van der Waals surface area contributed by atoms with Crippen molar-refractivity contribution >= 4 is 0 Å². The molecule has 1 atom stereocenters. The first-order chi connectivity index (χ1) is 10.1. The van der Waals surface area contributed by atoms with Crippen molar-refractivity contribution in [2.75, 3.05) is 0 Å². The summed E-state index contributed by atoms with van der Waals surface area (Å²) in [5.74, 6) is -3.60. The van der Waals surface area contributed by atoms with Crippen molar-refractivity contribution in [3.8, 4) is 5.69 Å². The molecule has 2 nitrogen and oxygen atoms in total. The lowest BCUT2D eigenvalue weighted by Crippen LogP contribution is -2.23. The van der Waals surface area contributed by atoms with Gasteiger partial charge >= 0.3 is 6.18 Å². The van der Waals surface area contributed by atoms with Crippen molar-refractivity contribution in [3.63, 3.8) is 0 Å². The van der Waals surface area contributed by atoms with Gasteiger partial charge in [0.25, 0.3) is 5.92 Å². The molecule has 22 heavy (non-hydrogen) atoms. The number of aliphatic hydroxyl groups excluding tert-OH is 1. The lowest BCUT2D eigenvalue weighted by molar-refractivity contribution is -0.142. The third-order valence-corrected chi connectivity index (χ3v) is 3.84. The SMILES string of the molecule is Cc1ccc(-n2cc(C(F)(F)F)c3c2CC(F)(F)[C@H]3O)cc1. The summed E-state index contributed by atoms with van der Waals surface area (Å²) in [4.78, 5) is 0. The van der Waals surface area contributed by atoms with E-state index < -0.39 is 35.8 Å². The van der Waals surface area contributed by atoms with Crippen molar-refractivity contribution < 1.29 is 27.1 Å². The van der Waals surface area contributed by atoms with Crippen LogP contribution in [-0.4, -0.2) is 15.6 Å². The van der Waals surface area contributed by atoms with Gasteiger partial charge in [-0.05, 0) is 19.1 Å². The number of alkyl halides is 5. The fourth-order valence-corrected chi connectivity index (χ4v) is 2.74. The topological polar surface area (TPSA) is 25.2 Å². The first kappa shape index (κ1) is 15.0. The highest BCUT2D eigenvalue weighted by Crippen LogP contribution is 2.49. The van der Waals surface area contributed by atoms with E-state index in [1.165, 1.54) is 0 Å². The maximum absolute atomic E-state index is 13.7. The molecule has 0 saturated carbocycles. The van der Waals surface area contributed by atoms with Gasteiger partial charge in [0, 0.05) is 23.1 Å². The zero-order valence-corrected chi connectivity index (χ0v) is 11.5. The molecular weight excluding hydrogens is 305 g/mol. The standard InChI is InChI=1S/C15H12F5NO/c1-8-2-4-9(5-3-8)21-7-10(15(18,19)20)12-11(21)6-14(16,17)13(12)22/h2-5,7,13,22H,6H2,1H3/t13-/m0/s1. The van der Waals surface area contributed by atoms with Crippen LogP contribution in [0.2, 0.25) is 0 Å². The van der Waals surface area contributed by atoms with Gasteiger partial charge in [0.15, 0.2) is 0 Å². The van der Waals surface area contributed by atoms with Crippen molar-refractivity contribution in [2.45, 2.75) is 31.5 Å². The zero-order chi connectivity index (χ0) is 16.3. The van der Waals surface area contributed by atoms with Crippen LogP contribution in [0.5, 0.6) is 0 Å². The third-order valence-electron chi connectivity index (χ3n) is 3.84. The van der Waals surface area contributed by atoms with E-state index in [1.807, 2.05) is 6.92 Å². The van der Waals surface area contributed by atoms with E-state index in [-0.39, 0.29) is 5.69 Å². The van der Waals surface area contributed by atoms with E-state index >= 15 is 0 Å². The highest BCUT2D eigenvalue weighted by atomic mass is 19.4. The van der Waals surface area contributed by atoms with Gasteiger partial charge in [-0.2, -0.15) is 13.2 Å². The molecule has 1 N–H and O–H groups in total.